The summed E-state index contributed by atoms with van der Waals surface area (Å²) < 4.78 is 4.98. The molecule has 0 spiro atoms. The van der Waals surface area contributed by atoms with Gasteiger partial charge in [-0.1, -0.05) is 23.7 Å². The maximum absolute atomic E-state index is 11.5. The highest BCUT2D eigenvalue weighted by Gasteiger charge is 2.06. The summed E-state index contributed by atoms with van der Waals surface area (Å²) in [5.41, 5.74) is 1.13. The first-order chi connectivity index (χ1) is 10.9. The Morgan fingerprint density at radius 3 is 2.13 bits per heavy atom. The molecule has 8 heteroatoms. The maximum Gasteiger partial charge on any atom is 0.414 e. The molecule has 23 heavy (non-hydrogen) atoms. The molecule has 0 saturated heterocycles. The molecule has 0 fully saturated rings. The maximum atomic E-state index is 11.5. The summed E-state index contributed by atoms with van der Waals surface area (Å²) in [5.74, 6) is -3.50. The van der Waals surface area contributed by atoms with E-state index in [1.807, 2.05) is 24.3 Å². The quantitative estimate of drug-likeness (QED) is 0.734. The molecule has 0 aliphatic carbocycles. The van der Waals surface area contributed by atoms with Crippen molar-refractivity contribution in [3.63, 3.8) is 0 Å². The fraction of sp³-hybridized carbons (Fsp3) is 0.133. The molecule has 1 heterocycles. The third-order valence-corrected chi connectivity index (χ3v) is 2.79. The number of hydrogen-bond donors (Lipinski definition) is 3. The van der Waals surface area contributed by atoms with Crippen molar-refractivity contribution >= 4 is 29.4 Å². The highest BCUT2D eigenvalue weighted by atomic mass is 35.5. The Labute approximate surface area is 136 Å². The van der Waals surface area contributed by atoms with Crippen LogP contribution in [0.3, 0.4) is 0 Å². The Hall–Kier alpha value is -2.80. The number of carboxylic acids is 2. The first-order valence-corrected chi connectivity index (χ1v) is 6.80. The summed E-state index contributed by atoms with van der Waals surface area (Å²) in [6, 6.07) is 10.9. The van der Waals surface area contributed by atoms with Crippen LogP contribution in [0.1, 0.15) is 16.1 Å². The summed E-state index contributed by atoms with van der Waals surface area (Å²) in [6.07, 6.45) is 2.25. The van der Waals surface area contributed by atoms with Gasteiger partial charge in [0.1, 0.15) is 0 Å². The Morgan fingerprint density at radius 1 is 1.04 bits per heavy atom. The molecular weight excluding hydrogens is 326 g/mol. The minimum Gasteiger partial charge on any atom is -0.473 e. The normalized spacial score (nSPS) is 9.43. The van der Waals surface area contributed by atoms with E-state index in [-0.39, 0.29) is 5.91 Å². The van der Waals surface area contributed by atoms with Gasteiger partial charge in [0, 0.05) is 11.6 Å². The number of carboxylic acid groups (broad SMARTS) is 2. The fourth-order valence-electron chi connectivity index (χ4n) is 1.47. The number of halogens is 1. The molecule has 1 aromatic heterocycles. The zero-order valence-corrected chi connectivity index (χ0v) is 12.6. The summed E-state index contributed by atoms with van der Waals surface area (Å²) in [7, 11) is 0. The topological polar surface area (TPSA) is 117 Å². The number of amides is 1. The lowest BCUT2D eigenvalue weighted by Gasteiger charge is -2.03. The molecule has 0 unspecified atom stereocenters. The van der Waals surface area contributed by atoms with Crippen LogP contribution in [0.5, 0.6) is 0 Å². The second-order valence-electron chi connectivity index (χ2n) is 4.22. The lowest BCUT2D eigenvalue weighted by atomic mass is 10.1. The number of carbonyl (C=O) groups excluding carboxylic acids is 1. The van der Waals surface area contributed by atoms with E-state index in [0.29, 0.717) is 17.3 Å². The largest absolute Gasteiger partial charge is 0.473 e. The van der Waals surface area contributed by atoms with E-state index < -0.39 is 11.9 Å². The van der Waals surface area contributed by atoms with Crippen LogP contribution >= 0.6 is 11.6 Å². The molecule has 0 aliphatic heterocycles. The lowest BCUT2D eigenvalue weighted by molar-refractivity contribution is -0.159. The van der Waals surface area contributed by atoms with Crippen LogP contribution in [0.25, 0.3) is 0 Å². The average molecular weight is 340 g/mol. The molecule has 2 aromatic rings. The van der Waals surface area contributed by atoms with Crippen molar-refractivity contribution in [2.45, 2.75) is 6.42 Å². The molecule has 122 valence electrons. The summed E-state index contributed by atoms with van der Waals surface area (Å²) in [5, 5.41) is 18.3. The van der Waals surface area contributed by atoms with Gasteiger partial charge >= 0.3 is 11.9 Å². The molecule has 2 rings (SSSR count). The minimum absolute atomic E-state index is 0.191. The summed E-state index contributed by atoms with van der Waals surface area (Å²) >= 11 is 5.78. The zero-order valence-electron chi connectivity index (χ0n) is 11.9. The van der Waals surface area contributed by atoms with Gasteiger partial charge in [-0.2, -0.15) is 0 Å². The van der Waals surface area contributed by atoms with Gasteiger partial charge in [-0.15, -0.1) is 0 Å². The average Bonchev–Trinajstić information content (AvgIpc) is 3.04. The number of nitrogens with one attached hydrogen (secondary N) is 1. The Kier molecular flexibility index (Phi) is 7.35. The van der Waals surface area contributed by atoms with E-state index in [1.165, 1.54) is 6.26 Å². The number of hydrogen-bond acceptors (Lipinski definition) is 4. The third-order valence-electron chi connectivity index (χ3n) is 2.54. The van der Waals surface area contributed by atoms with Gasteiger partial charge in [-0.3, -0.25) is 4.79 Å². The van der Waals surface area contributed by atoms with Crippen molar-refractivity contribution in [2.75, 3.05) is 6.54 Å². The van der Waals surface area contributed by atoms with Gasteiger partial charge in [0.2, 0.25) is 0 Å². The highest BCUT2D eigenvalue weighted by Crippen LogP contribution is 2.09. The molecule has 1 amide bonds. The standard InChI is InChI=1S/C13H12ClNO2.C2H2O4/c14-11-5-3-10(4-6-11)7-8-15-13(16)12-2-1-9-17-12;3-1(4)2(5)6/h1-6,9H,7-8H2,(H,15,16);(H,3,4)(H,5,6). The number of furan rings is 1. The van der Waals surface area contributed by atoms with Gasteiger partial charge in [0.15, 0.2) is 5.76 Å². The van der Waals surface area contributed by atoms with Gasteiger partial charge in [-0.25, -0.2) is 9.59 Å². The van der Waals surface area contributed by atoms with Crippen molar-refractivity contribution in [1.29, 1.82) is 0 Å². The van der Waals surface area contributed by atoms with E-state index in [4.69, 9.17) is 35.8 Å². The number of rotatable bonds is 4. The summed E-state index contributed by atoms with van der Waals surface area (Å²) in [6.45, 7) is 0.571. The molecule has 3 N–H and O–H groups in total. The van der Waals surface area contributed by atoms with Crippen molar-refractivity contribution in [1.82, 2.24) is 5.32 Å². The van der Waals surface area contributed by atoms with E-state index in [0.717, 1.165) is 12.0 Å². The Morgan fingerprint density at radius 2 is 1.65 bits per heavy atom. The van der Waals surface area contributed by atoms with Crippen LogP contribution in [0.4, 0.5) is 0 Å². The highest BCUT2D eigenvalue weighted by molar-refractivity contribution is 6.30. The van der Waals surface area contributed by atoms with Gasteiger partial charge in [-0.05, 0) is 36.2 Å². The number of benzene rings is 1. The Balaban J connectivity index is 0.000000379. The van der Waals surface area contributed by atoms with Crippen LogP contribution in [0.15, 0.2) is 47.1 Å². The SMILES string of the molecule is O=C(NCCc1ccc(Cl)cc1)c1ccco1.O=C(O)C(=O)O. The van der Waals surface area contributed by atoms with Crippen LogP contribution in [0, 0.1) is 0 Å². The molecule has 7 nitrogen and oxygen atoms in total. The van der Waals surface area contributed by atoms with E-state index in [2.05, 4.69) is 5.32 Å². The van der Waals surface area contributed by atoms with Crippen molar-refractivity contribution in [3.8, 4) is 0 Å². The molecule has 0 atom stereocenters. The van der Waals surface area contributed by atoms with Crippen molar-refractivity contribution < 1.29 is 29.0 Å². The van der Waals surface area contributed by atoms with E-state index >= 15 is 0 Å². The molecule has 0 saturated carbocycles. The van der Waals surface area contributed by atoms with Gasteiger partial charge < -0.3 is 19.9 Å². The molecular formula is C15H14ClNO6. The lowest BCUT2D eigenvalue weighted by Crippen LogP contribution is -2.25. The monoisotopic (exact) mass is 339 g/mol. The fourth-order valence-corrected chi connectivity index (χ4v) is 1.59. The second kappa shape index (κ2) is 9.26. The predicted molar refractivity (Wildman–Crippen MR) is 81.5 cm³/mol. The first kappa shape index (κ1) is 18.2. The van der Waals surface area contributed by atoms with Gasteiger partial charge in [0.05, 0.1) is 6.26 Å². The van der Waals surface area contributed by atoms with Crippen LogP contribution < -0.4 is 5.32 Å². The summed E-state index contributed by atoms with van der Waals surface area (Å²) in [4.78, 5) is 29.7. The second-order valence-corrected chi connectivity index (χ2v) is 4.66. The van der Waals surface area contributed by atoms with Crippen molar-refractivity contribution in [3.05, 3.63) is 59.0 Å². The minimum atomic E-state index is -1.82. The third kappa shape index (κ3) is 7.14. The smallest absolute Gasteiger partial charge is 0.414 e. The zero-order chi connectivity index (χ0) is 17.2. The van der Waals surface area contributed by atoms with Crippen molar-refractivity contribution in [2.24, 2.45) is 0 Å². The molecule has 0 aliphatic rings. The molecule has 1 aromatic carbocycles. The van der Waals surface area contributed by atoms with Crippen LogP contribution in [-0.2, 0) is 16.0 Å². The Bertz CT molecular complexity index is 639. The van der Waals surface area contributed by atoms with Gasteiger partial charge in [0.25, 0.3) is 5.91 Å². The molecule has 0 radical (unpaired) electrons. The van der Waals surface area contributed by atoms with Crippen LogP contribution in [0.2, 0.25) is 5.02 Å². The predicted octanol–water partition coefficient (Wildman–Crippen LogP) is 2.06. The first-order valence-electron chi connectivity index (χ1n) is 6.42. The van der Waals surface area contributed by atoms with E-state index in [9.17, 15) is 4.79 Å². The van der Waals surface area contributed by atoms with Crippen LogP contribution in [-0.4, -0.2) is 34.6 Å². The van der Waals surface area contributed by atoms with E-state index in [1.54, 1.807) is 12.1 Å². The number of aliphatic carboxylic acids is 2. The number of carbonyl (C=O) groups is 3. The molecule has 0 bridgehead atoms.